The van der Waals surface area contributed by atoms with Crippen LogP contribution in [0.4, 0.5) is 0 Å². The van der Waals surface area contributed by atoms with Crippen LogP contribution in [0.1, 0.15) is 0 Å². The number of fused-ring (bicyclic) bond motifs is 1. The molecule has 1 aromatic heterocycles. The van der Waals surface area contributed by atoms with E-state index in [2.05, 4.69) is 10.6 Å². The molecule has 1 unspecified atom stereocenters. The maximum Gasteiger partial charge on any atom is 0.336 e. The Hall–Kier alpha value is -2.09. The molecule has 3 rings (SSSR count). The number of hydrogen-bond acceptors (Lipinski definition) is 6. The highest BCUT2D eigenvalue weighted by Gasteiger charge is 2.14. The fourth-order valence-electron chi connectivity index (χ4n) is 2.31. The van der Waals surface area contributed by atoms with E-state index in [1.807, 2.05) is 0 Å². The predicted molar refractivity (Wildman–Crippen MR) is 90.8 cm³/mol. The van der Waals surface area contributed by atoms with Crippen molar-refractivity contribution in [2.45, 2.75) is 6.10 Å². The summed E-state index contributed by atoms with van der Waals surface area (Å²) in [5.74, 6) is 0.242. The van der Waals surface area contributed by atoms with Crippen LogP contribution < -0.4 is 21.0 Å². The van der Waals surface area contributed by atoms with Crippen molar-refractivity contribution in [3.8, 4) is 5.75 Å². The quantitative estimate of drug-likeness (QED) is 0.768. The lowest BCUT2D eigenvalue weighted by Crippen LogP contribution is -2.45. The second-order valence-electron chi connectivity index (χ2n) is 5.24. The van der Waals surface area contributed by atoms with E-state index >= 15 is 0 Å². The van der Waals surface area contributed by atoms with Gasteiger partial charge in [-0.3, -0.25) is 4.79 Å². The highest BCUT2D eigenvalue weighted by molar-refractivity contribution is 5.85. The van der Waals surface area contributed by atoms with Crippen molar-refractivity contribution < 1.29 is 18.7 Å². The molecule has 2 N–H and O–H groups in total. The van der Waals surface area contributed by atoms with Gasteiger partial charge in [0.25, 0.3) is 5.91 Å². The third-order valence-corrected chi connectivity index (χ3v) is 3.50. The monoisotopic (exact) mass is 354 g/mol. The van der Waals surface area contributed by atoms with Crippen LogP contribution in [0.5, 0.6) is 5.75 Å². The van der Waals surface area contributed by atoms with E-state index in [0.29, 0.717) is 24.5 Å². The van der Waals surface area contributed by atoms with Gasteiger partial charge in [-0.1, -0.05) is 0 Å². The molecule has 0 bridgehead atoms. The SMILES string of the molecule is Cl.O=C(COc1ccc2ccc(=O)oc2c1)NCC1CNCCO1. The third kappa shape index (κ3) is 4.95. The first kappa shape index (κ1) is 18.3. The Kier molecular flexibility index (Phi) is 6.60. The van der Waals surface area contributed by atoms with E-state index in [0.717, 1.165) is 18.5 Å². The van der Waals surface area contributed by atoms with Crippen LogP contribution in [0.2, 0.25) is 0 Å². The van der Waals surface area contributed by atoms with E-state index in [1.165, 1.54) is 6.07 Å². The number of rotatable bonds is 5. The summed E-state index contributed by atoms with van der Waals surface area (Å²) in [6.07, 6.45) is -0.0114. The molecule has 1 aliphatic rings. The Bertz CT molecular complexity index is 743. The van der Waals surface area contributed by atoms with Crippen molar-refractivity contribution in [1.82, 2.24) is 10.6 Å². The summed E-state index contributed by atoms with van der Waals surface area (Å²) < 4.78 is 16.0. The Balaban J connectivity index is 0.00000208. The number of morpholine rings is 1. The van der Waals surface area contributed by atoms with Gasteiger partial charge in [0, 0.05) is 37.2 Å². The van der Waals surface area contributed by atoms with Crippen molar-refractivity contribution in [2.24, 2.45) is 0 Å². The molecule has 0 spiro atoms. The molecule has 0 radical (unpaired) electrons. The van der Waals surface area contributed by atoms with Crippen molar-refractivity contribution >= 4 is 29.3 Å². The average Bonchev–Trinajstić information content (AvgIpc) is 2.58. The van der Waals surface area contributed by atoms with E-state index in [9.17, 15) is 9.59 Å². The molecule has 1 aromatic carbocycles. The zero-order valence-corrected chi connectivity index (χ0v) is 13.8. The van der Waals surface area contributed by atoms with E-state index in [1.54, 1.807) is 24.3 Å². The number of ether oxygens (including phenoxy) is 2. The summed E-state index contributed by atoms with van der Waals surface area (Å²) in [6, 6.07) is 8.13. The minimum Gasteiger partial charge on any atom is -0.484 e. The van der Waals surface area contributed by atoms with Gasteiger partial charge < -0.3 is 24.5 Å². The second kappa shape index (κ2) is 8.68. The molecule has 1 aliphatic heterocycles. The first-order chi connectivity index (χ1) is 11.2. The summed E-state index contributed by atoms with van der Waals surface area (Å²) in [7, 11) is 0. The molecular weight excluding hydrogens is 336 g/mol. The maximum absolute atomic E-state index is 11.8. The fourth-order valence-corrected chi connectivity index (χ4v) is 2.31. The molecule has 130 valence electrons. The number of benzene rings is 1. The Morgan fingerprint density at radius 1 is 1.33 bits per heavy atom. The summed E-state index contributed by atoms with van der Waals surface area (Å²) in [6.45, 7) is 2.56. The molecule has 1 fully saturated rings. The average molecular weight is 355 g/mol. The van der Waals surface area contributed by atoms with Crippen LogP contribution in [0, 0.1) is 0 Å². The van der Waals surface area contributed by atoms with Gasteiger partial charge >= 0.3 is 5.63 Å². The standard InChI is InChI=1S/C16H18N2O5.ClH/c19-15(18-9-13-8-17-5-6-21-13)10-22-12-3-1-11-2-4-16(20)23-14(11)7-12;/h1-4,7,13,17H,5-6,8-10H2,(H,18,19);1H. The number of carbonyl (C=O) groups is 1. The van der Waals surface area contributed by atoms with Crippen molar-refractivity contribution in [3.63, 3.8) is 0 Å². The van der Waals surface area contributed by atoms with Gasteiger partial charge in [0.2, 0.25) is 0 Å². The van der Waals surface area contributed by atoms with E-state index in [4.69, 9.17) is 13.9 Å². The van der Waals surface area contributed by atoms with Crippen LogP contribution in [-0.4, -0.2) is 44.9 Å². The number of hydrogen-bond donors (Lipinski definition) is 2. The second-order valence-corrected chi connectivity index (χ2v) is 5.24. The molecule has 2 aromatic rings. The molecule has 1 atom stereocenters. The fraction of sp³-hybridized carbons (Fsp3) is 0.375. The third-order valence-electron chi connectivity index (χ3n) is 3.50. The maximum atomic E-state index is 11.8. The first-order valence-electron chi connectivity index (χ1n) is 7.46. The number of carbonyl (C=O) groups excluding carboxylic acids is 1. The molecule has 0 saturated carbocycles. The van der Waals surface area contributed by atoms with Crippen LogP contribution >= 0.6 is 12.4 Å². The Labute approximate surface area is 144 Å². The molecular formula is C16H19ClN2O5. The highest BCUT2D eigenvalue weighted by Crippen LogP contribution is 2.19. The number of nitrogens with one attached hydrogen (secondary N) is 2. The summed E-state index contributed by atoms with van der Waals surface area (Å²) in [4.78, 5) is 23.0. The van der Waals surface area contributed by atoms with E-state index < -0.39 is 5.63 Å². The minimum absolute atomic E-state index is 0. The van der Waals surface area contributed by atoms with Gasteiger partial charge in [-0.05, 0) is 18.2 Å². The van der Waals surface area contributed by atoms with Gasteiger partial charge in [0.1, 0.15) is 11.3 Å². The minimum atomic E-state index is -0.423. The normalized spacial score (nSPS) is 17.1. The Morgan fingerprint density at radius 2 is 2.17 bits per heavy atom. The summed E-state index contributed by atoms with van der Waals surface area (Å²) in [5, 5.41) is 6.76. The highest BCUT2D eigenvalue weighted by atomic mass is 35.5. The first-order valence-corrected chi connectivity index (χ1v) is 7.46. The molecule has 24 heavy (non-hydrogen) atoms. The lowest BCUT2D eigenvalue weighted by atomic mass is 10.2. The topological polar surface area (TPSA) is 89.8 Å². The van der Waals surface area contributed by atoms with E-state index in [-0.39, 0.29) is 31.0 Å². The largest absolute Gasteiger partial charge is 0.484 e. The molecule has 1 saturated heterocycles. The Morgan fingerprint density at radius 3 is 2.96 bits per heavy atom. The predicted octanol–water partition coefficient (Wildman–Crippen LogP) is 0.698. The molecule has 2 heterocycles. The smallest absolute Gasteiger partial charge is 0.336 e. The van der Waals surface area contributed by atoms with Crippen molar-refractivity contribution in [2.75, 3.05) is 32.8 Å². The zero-order valence-electron chi connectivity index (χ0n) is 12.9. The van der Waals surface area contributed by atoms with Gasteiger partial charge in [0.05, 0.1) is 12.7 Å². The summed E-state index contributed by atoms with van der Waals surface area (Å²) in [5.41, 5.74) is 0.00516. The lowest BCUT2D eigenvalue weighted by Gasteiger charge is -2.23. The number of amides is 1. The lowest BCUT2D eigenvalue weighted by molar-refractivity contribution is -0.123. The molecule has 1 amide bonds. The van der Waals surface area contributed by atoms with Gasteiger partial charge in [0.15, 0.2) is 6.61 Å². The van der Waals surface area contributed by atoms with Crippen molar-refractivity contribution in [1.29, 1.82) is 0 Å². The van der Waals surface area contributed by atoms with Crippen LogP contribution in [0.15, 0.2) is 39.5 Å². The summed E-state index contributed by atoms with van der Waals surface area (Å²) >= 11 is 0. The molecule has 0 aliphatic carbocycles. The van der Waals surface area contributed by atoms with Gasteiger partial charge in [-0.15, -0.1) is 12.4 Å². The van der Waals surface area contributed by atoms with Gasteiger partial charge in [-0.25, -0.2) is 4.79 Å². The molecule has 7 nitrogen and oxygen atoms in total. The van der Waals surface area contributed by atoms with Gasteiger partial charge in [-0.2, -0.15) is 0 Å². The van der Waals surface area contributed by atoms with Crippen molar-refractivity contribution in [3.05, 3.63) is 40.8 Å². The number of halogens is 1. The zero-order chi connectivity index (χ0) is 16.1. The van der Waals surface area contributed by atoms with Crippen LogP contribution in [0.25, 0.3) is 11.0 Å². The molecule has 8 heteroatoms. The van der Waals surface area contributed by atoms with Crippen LogP contribution in [0.3, 0.4) is 0 Å². The van der Waals surface area contributed by atoms with Crippen LogP contribution in [-0.2, 0) is 9.53 Å².